The fraction of sp³-hybridized carbons (Fsp3) is 0.867. The monoisotopic (exact) mass is 294 g/mol. The summed E-state index contributed by atoms with van der Waals surface area (Å²) in [6, 6.07) is 0. The second-order valence-corrected chi connectivity index (χ2v) is 7.99. The van der Waals surface area contributed by atoms with Gasteiger partial charge in [-0.05, 0) is 12.8 Å². The Morgan fingerprint density at radius 1 is 1.20 bits per heavy atom. The SMILES string of the molecule is CC(C)(C)c1nsc(N2CCNCC23CCCCC3)n1. The second kappa shape index (κ2) is 5.26. The van der Waals surface area contributed by atoms with E-state index in [1.807, 2.05) is 0 Å². The Hall–Kier alpha value is -0.680. The number of hydrogen-bond acceptors (Lipinski definition) is 5. The third kappa shape index (κ3) is 2.58. The van der Waals surface area contributed by atoms with Crippen molar-refractivity contribution in [2.75, 3.05) is 24.5 Å². The second-order valence-electron chi connectivity index (χ2n) is 7.26. The molecule has 2 fully saturated rings. The fourth-order valence-corrected chi connectivity index (χ4v) is 4.42. The lowest BCUT2D eigenvalue weighted by atomic mass is 9.79. The van der Waals surface area contributed by atoms with Crippen LogP contribution in [0, 0.1) is 0 Å². The molecule has 1 N–H and O–H groups in total. The van der Waals surface area contributed by atoms with Crippen LogP contribution in [0.1, 0.15) is 58.7 Å². The first-order valence-corrected chi connectivity index (χ1v) is 8.61. The standard InChI is InChI=1S/C15H26N4S/c1-14(2,3)12-17-13(20-18-12)19-10-9-16-11-15(19)7-5-4-6-8-15/h16H,4-11H2,1-3H3. The van der Waals surface area contributed by atoms with Crippen LogP contribution in [-0.4, -0.2) is 34.5 Å². The van der Waals surface area contributed by atoms with E-state index >= 15 is 0 Å². The molecule has 1 saturated carbocycles. The van der Waals surface area contributed by atoms with E-state index in [0.717, 1.165) is 30.6 Å². The summed E-state index contributed by atoms with van der Waals surface area (Å²) < 4.78 is 4.61. The van der Waals surface area contributed by atoms with Crippen molar-refractivity contribution in [2.45, 2.75) is 63.8 Å². The average Bonchev–Trinajstić information content (AvgIpc) is 2.89. The molecule has 1 aliphatic carbocycles. The van der Waals surface area contributed by atoms with Crippen molar-refractivity contribution in [3.8, 4) is 0 Å². The van der Waals surface area contributed by atoms with Crippen LogP contribution in [0.3, 0.4) is 0 Å². The van der Waals surface area contributed by atoms with Crippen molar-refractivity contribution in [1.82, 2.24) is 14.7 Å². The van der Waals surface area contributed by atoms with E-state index in [1.165, 1.54) is 32.1 Å². The zero-order valence-corrected chi connectivity index (χ0v) is 13.7. The maximum Gasteiger partial charge on any atom is 0.205 e. The zero-order valence-electron chi connectivity index (χ0n) is 12.9. The lowest BCUT2D eigenvalue weighted by Gasteiger charge is -2.49. The molecule has 2 heterocycles. The Kier molecular flexibility index (Phi) is 3.75. The smallest absolute Gasteiger partial charge is 0.205 e. The van der Waals surface area contributed by atoms with Crippen molar-refractivity contribution in [2.24, 2.45) is 0 Å². The summed E-state index contributed by atoms with van der Waals surface area (Å²) in [7, 11) is 0. The minimum atomic E-state index is 0.0442. The molecular formula is C15H26N4S. The van der Waals surface area contributed by atoms with E-state index in [1.54, 1.807) is 11.5 Å². The Labute approximate surface area is 126 Å². The van der Waals surface area contributed by atoms with Crippen LogP contribution in [0.25, 0.3) is 0 Å². The predicted molar refractivity (Wildman–Crippen MR) is 84.6 cm³/mol. The van der Waals surface area contributed by atoms with E-state index in [9.17, 15) is 0 Å². The summed E-state index contributed by atoms with van der Waals surface area (Å²) in [5, 5.41) is 4.73. The molecule has 0 radical (unpaired) electrons. The van der Waals surface area contributed by atoms with E-state index in [0.29, 0.717) is 5.54 Å². The van der Waals surface area contributed by atoms with Gasteiger partial charge in [0.05, 0.1) is 5.54 Å². The van der Waals surface area contributed by atoms with Crippen LogP contribution < -0.4 is 10.2 Å². The summed E-state index contributed by atoms with van der Waals surface area (Å²) in [4.78, 5) is 7.43. The summed E-state index contributed by atoms with van der Waals surface area (Å²) in [6.45, 7) is 9.80. The van der Waals surface area contributed by atoms with Crippen LogP contribution in [0.4, 0.5) is 5.13 Å². The van der Waals surface area contributed by atoms with E-state index in [4.69, 9.17) is 4.98 Å². The van der Waals surface area contributed by atoms with Crippen LogP contribution in [0.5, 0.6) is 0 Å². The predicted octanol–water partition coefficient (Wildman–Crippen LogP) is 2.95. The topological polar surface area (TPSA) is 41.1 Å². The molecule has 20 heavy (non-hydrogen) atoms. The molecule has 0 bridgehead atoms. The fourth-order valence-electron chi connectivity index (χ4n) is 3.43. The van der Waals surface area contributed by atoms with Crippen LogP contribution >= 0.6 is 11.5 Å². The van der Waals surface area contributed by atoms with Crippen molar-refractivity contribution >= 4 is 16.7 Å². The average molecular weight is 294 g/mol. The summed E-state index contributed by atoms with van der Waals surface area (Å²) in [5.74, 6) is 0.988. The van der Waals surface area contributed by atoms with Gasteiger partial charge in [-0.15, -0.1) is 0 Å². The van der Waals surface area contributed by atoms with Gasteiger partial charge in [0.1, 0.15) is 5.82 Å². The molecule has 1 aromatic heterocycles. The third-order valence-electron chi connectivity index (χ3n) is 4.64. The Bertz CT molecular complexity index is 448. The number of anilines is 1. The Morgan fingerprint density at radius 3 is 2.60 bits per heavy atom. The molecular weight excluding hydrogens is 268 g/mol. The van der Waals surface area contributed by atoms with Gasteiger partial charge in [-0.25, -0.2) is 4.98 Å². The van der Waals surface area contributed by atoms with Gasteiger partial charge in [-0.2, -0.15) is 4.37 Å². The molecule has 1 spiro atoms. The molecule has 2 aliphatic rings. The van der Waals surface area contributed by atoms with Gasteiger partial charge in [0.2, 0.25) is 5.13 Å². The first kappa shape index (κ1) is 14.3. The number of piperazine rings is 1. The summed E-state index contributed by atoms with van der Waals surface area (Å²) in [5.41, 5.74) is 0.341. The lowest BCUT2D eigenvalue weighted by molar-refractivity contribution is 0.241. The molecule has 0 amide bonds. The van der Waals surface area contributed by atoms with Gasteiger partial charge in [-0.1, -0.05) is 40.0 Å². The third-order valence-corrected chi connectivity index (χ3v) is 5.38. The molecule has 0 atom stereocenters. The van der Waals surface area contributed by atoms with E-state index < -0.39 is 0 Å². The van der Waals surface area contributed by atoms with Crippen molar-refractivity contribution < 1.29 is 0 Å². The quantitative estimate of drug-likeness (QED) is 0.864. The molecule has 4 nitrogen and oxygen atoms in total. The summed E-state index contributed by atoms with van der Waals surface area (Å²) >= 11 is 1.59. The van der Waals surface area contributed by atoms with Crippen LogP contribution in [0.15, 0.2) is 0 Å². The van der Waals surface area contributed by atoms with Crippen LogP contribution in [-0.2, 0) is 5.41 Å². The zero-order chi connectivity index (χ0) is 14.2. The Morgan fingerprint density at radius 2 is 1.95 bits per heavy atom. The van der Waals surface area contributed by atoms with Gasteiger partial charge in [0, 0.05) is 36.6 Å². The molecule has 1 saturated heterocycles. The molecule has 1 aromatic rings. The molecule has 0 aromatic carbocycles. The highest BCUT2D eigenvalue weighted by molar-refractivity contribution is 7.09. The van der Waals surface area contributed by atoms with Gasteiger partial charge in [0.25, 0.3) is 0 Å². The van der Waals surface area contributed by atoms with Crippen molar-refractivity contribution in [1.29, 1.82) is 0 Å². The highest BCUT2D eigenvalue weighted by Gasteiger charge is 2.41. The number of hydrogen-bond donors (Lipinski definition) is 1. The van der Waals surface area contributed by atoms with Gasteiger partial charge in [-0.3, -0.25) is 0 Å². The normalized spacial score (nSPS) is 23.2. The Balaban J connectivity index is 1.88. The van der Waals surface area contributed by atoms with E-state index in [2.05, 4.69) is 35.4 Å². The van der Waals surface area contributed by atoms with Crippen molar-refractivity contribution in [3.63, 3.8) is 0 Å². The molecule has 112 valence electrons. The van der Waals surface area contributed by atoms with Gasteiger partial charge in [0.15, 0.2) is 0 Å². The first-order chi connectivity index (χ1) is 9.51. The van der Waals surface area contributed by atoms with Crippen LogP contribution in [0.2, 0.25) is 0 Å². The molecule has 0 unspecified atom stereocenters. The molecule has 1 aliphatic heterocycles. The maximum atomic E-state index is 4.86. The van der Waals surface area contributed by atoms with Crippen molar-refractivity contribution in [3.05, 3.63) is 5.82 Å². The molecule has 3 rings (SSSR count). The number of rotatable bonds is 1. The summed E-state index contributed by atoms with van der Waals surface area (Å²) in [6.07, 6.45) is 6.68. The largest absolute Gasteiger partial charge is 0.339 e. The highest BCUT2D eigenvalue weighted by Crippen LogP contribution is 2.38. The lowest BCUT2D eigenvalue weighted by Crippen LogP contribution is -2.62. The highest BCUT2D eigenvalue weighted by atomic mass is 32.1. The van der Waals surface area contributed by atoms with E-state index in [-0.39, 0.29) is 5.41 Å². The minimum absolute atomic E-state index is 0.0442. The van der Waals surface area contributed by atoms with Gasteiger partial charge >= 0.3 is 0 Å². The number of nitrogens with zero attached hydrogens (tertiary/aromatic N) is 3. The molecule has 5 heteroatoms. The maximum absolute atomic E-state index is 4.86. The number of nitrogens with one attached hydrogen (secondary N) is 1. The first-order valence-electron chi connectivity index (χ1n) is 7.84. The number of aromatic nitrogens is 2. The minimum Gasteiger partial charge on any atom is -0.339 e. The van der Waals surface area contributed by atoms with Gasteiger partial charge < -0.3 is 10.2 Å².